The Morgan fingerprint density at radius 2 is 2.03 bits per heavy atom. The predicted octanol–water partition coefficient (Wildman–Crippen LogP) is 4.43. The molecule has 4 rings (SSSR count). The van der Waals surface area contributed by atoms with Crippen molar-refractivity contribution in [3.8, 4) is 0 Å². The van der Waals surface area contributed by atoms with Crippen molar-refractivity contribution >= 4 is 34.0 Å². The quantitative estimate of drug-likeness (QED) is 0.606. The van der Waals surface area contributed by atoms with Crippen LogP contribution in [0.4, 0.5) is 0 Å². The summed E-state index contributed by atoms with van der Waals surface area (Å²) in [4.78, 5) is 30.0. The minimum absolute atomic E-state index is 0.0448. The molecule has 0 saturated heterocycles. The van der Waals surface area contributed by atoms with Gasteiger partial charge in [-0.3, -0.25) is 14.0 Å². The number of hydrogen-bond acceptors (Lipinski definition) is 5. The molecule has 1 saturated carbocycles. The second kappa shape index (κ2) is 9.59. The maximum atomic E-state index is 12.7. The van der Waals surface area contributed by atoms with Gasteiger partial charge in [-0.1, -0.05) is 49.6 Å². The smallest absolute Gasteiger partial charge is 0.258 e. The Balaban J connectivity index is 1.36. The lowest BCUT2D eigenvalue weighted by Gasteiger charge is -2.31. The van der Waals surface area contributed by atoms with Crippen molar-refractivity contribution in [1.29, 1.82) is 0 Å². The number of fused-ring (bicyclic) bond motifs is 1. The minimum Gasteiger partial charge on any atom is -0.348 e. The molecular formula is C22H25N3O2S2. The number of nitrogens with zero attached hydrogens (tertiary/aromatic N) is 2. The van der Waals surface area contributed by atoms with Gasteiger partial charge >= 0.3 is 0 Å². The van der Waals surface area contributed by atoms with E-state index >= 15 is 0 Å². The largest absolute Gasteiger partial charge is 0.348 e. The summed E-state index contributed by atoms with van der Waals surface area (Å²) in [6, 6.07) is 11.9. The third-order valence-electron chi connectivity index (χ3n) is 5.44. The second-order valence-electron chi connectivity index (χ2n) is 7.49. The van der Waals surface area contributed by atoms with Crippen LogP contribution in [0.1, 0.15) is 49.4 Å². The zero-order valence-electron chi connectivity index (χ0n) is 16.3. The van der Waals surface area contributed by atoms with Gasteiger partial charge in [0.2, 0.25) is 5.91 Å². The summed E-state index contributed by atoms with van der Waals surface area (Å²) < 4.78 is 1.54. The summed E-state index contributed by atoms with van der Waals surface area (Å²) in [5.74, 6) is 1.46. The average molecular weight is 428 g/mol. The SMILES string of the molecule is O=C(CSCc1cc(=O)n2ccsc2n1)N[C@H](c1ccccc1)C1CCCCC1. The van der Waals surface area contributed by atoms with Crippen molar-refractivity contribution in [1.82, 2.24) is 14.7 Å². The first-order valence-electron chi connectivity index (χ1n) is 10.1. The molecule has 1 N–H and O–H groups in total. The van der Waals surface area contributed by atoms with E-state index in [0.717, 1.165) is 5.69 Å². The summed E-state index contributed by atoms with van der Waals surface area (Å²) >= 11 is 2.94. The topological polar surface area (TPSA) is 63.5 Å². The number of thioether (sulfide) groups is 1. The second-order valence-corrected chi connectivity index (χ2v) is 9.35. The van der Waals surface area contributed by atoms with Gasteiger partial charge in [0.15, 0.2) is 4.96 Å². The fraction of sp³-hybridized carbons (Fsp3) is 0.409. The summed E-state index contributed by atoms with van der Waals surface area (Å²) in [5, 5.41) is 5.13. The van der Waals surface area contributed by atoms with E-state index < -0.39 is 0 Å². The van der Waals surface area contributed by atoms with Crippen molar-refractivity contribution in [2.24, 2.45) is 5.92 Å². The van der Waals surface area contributed by atoms with E-state index in [1.165, 1.54) is 60.8 Å². The van der Waals surface area contributed by atoms with Crippen LogP contribution in [0.25, 0.3) is 4.96 Å². The van der Waals surface area contributed by atoms with Crippen LogP contribution in [0, 0.1) is 5.92 Å². The number of rotatable bonds is 7. The van der Waals surface area contributed by atoms with E-state index in [4.69, 9.17) is 0 Å². The molecule has 0 aliphatic heterocycles. The van der Waals surface area contributed by atoms with E-state index in [0.29, 0.717) is 22.4 Å². The fourth-order valence-corrected chi connectivity index (χ4v) is 5.49. The molecule has 2 heterocycles. The fourth-order valence-electron chi connectivity index (χ4n) is 4.03. The van der Waals surface area contributed by atoms with Gasteiger partial charge < -0.3 is 5.32 Å². The number of nitrogens with one attached hydrogen (secondary N) is 1. The van der Waals surface area contributed by atoms with E-state index in [1.54, 1.807) is 16.7 Å². The molecule has 1 amide bonds. The number of carbonyl (C=O) groups is 1. The molecule has 0 unspecified atom stereocenters. The Morgan fingerprint density at radius 3 is 2.83 bits per heavy atom. The molecule has 5 nitrogen and oxygen atoms in total. The number of aromatic nitrogens is 2. The molecule has 3 aromatic rings. The van der Waals surface area contributed by atoms with Crippen LogP contribution in [-0.2, 0) is 10.5 Å². The predicted molar refractivity (Wildman–Crippen MR) is 119 cm³/mol. The molecule has 1 aromatic carbocycles. The summed E-state index contributed by atoms with van der Waals surface area (Å²) in [7, 11) is 0. The maximum absolute atomic E-state index is 12.7. The van der Waals surface area contributed by atoms with E-state index in [1.807, 2.05) is 23.6 Å². The van der Waals surface area contributed by atoms with Crippen LogP contribution in [0.2, 0.25) is 0 Å². The van der Waals surface area contributed by atoms with Crippen LogP contribution in [0.3, 0.4) is 0 Å². The van der Waals surface area contributed by atoms with E-state index in [-0.39, 0.29) is 17.5 Å². The highest BCUT2D eigenvalue weighted by atomic mass is 32.2. The maximum Gasteiger partial charge on any atom is 0.258 e. The molecule has 1 fully saturated rings. The van der Waals surface area contributed by atoms with Crippen molar-refractivity contribution < 1.29 is 4.79 Å². The first-order chi connectivity index (χ1) is 14.2. The number of thiazole rings is 1. The standard InChI is InChI=1S/C22H25N3O2S2/c26-19(15-28-14-18-13-20(27)25-11-12-29-22(25)23-18)24-21(16-7-3-1-4-8-16)17-9-5-2-6-10-17/h1,3-4,7-8,11-13,17,21H,2,5-6,9-10,14-15H2,(H,24,26)/t21-/m1/s1. The average Bonchev–Trinajstić information content (AvgIpc) is 3.23. The highest BCUT2D eigenvalue weighted by Crippen LogP contribution is 2.34. The highest BCUT2D eigenvalue weighted by molar-refractivity contribution is 7.99. The minimum atomic E-state index is -0.0715. The van der Waals surface area contributed by atoms with Crippen molar-refractivity contribution in [2.75, 3.05) is 5.75 Å². The van der Waals surface area contributed by atoms with Crippen molar-refractivity contribution in [3.05, 3.63) is 69.6 Å². The van der Waals surface area contributed by atoms with Gasteiger partial charge in [0.1, 0.15) is 0 Å². The van der Waals surface area contributed by atoms with Crippen molar-refractivity contribution in [3.63, 3.8) is 0 Å². The first-order valence-corrected chi connectivity index (χ1v) is 12.1. The van der Waals surface area contributed by atoms with Gasteiger partial charge in [-0.05, 0) is 24.3 Å². The molecule has 0 radical (unpaired) electrons. The zero-order chi connectivity index (χ0) is 20.1. The molecule has 2 aromatic heterocycles. The van der Waals surface area contributed by atoms with E-state index in [2.05, 4.69) is 22.4 Å². The Bertz CT molecular complexity index is 1010. The van der Waals surface area contributed by atoms with Gasteiger partial charge in [-0.2, -0.15) is 0 Å². The molecule has 29 heavy (non-hydrogen) atoms. The molecule has 152 valence electrons. The zero-order valence-corrected chi connectivity index (χ0v) is 17.9. The Morgan fingerprint density at radius 1 is 1.24 bits per heavy atom. The molecule has 1 aliphatic rings. The van der Waals surface area contributed by atoms with Crippen LogP contribution < -0.4 is 10.9 Å². The van der Waals surface area contributed by atoms with Crippen LogP contribution >= 0.6 is 23.1 Å². The first kappa shape index (κ1) is 20.2. The number of benzene rings is 1. The summed E-state index contributed by atoms with van der Waals surface area (Å²) in [5.41, 5.74) is 1.84. The van der Waals surface area contributed by atoms with Gasteiger partial charge in [0, 0.05) is 23.4 Å². The number of hydrogen-bond donors (Lipinski definition) is 1. The lowest BCUT2D eigenvalue weighted by atomic mass is 9.81. The van der Waals surface area contributed by atoms with Crippen LogP contribution in [-0.4, -0.2) is 21.0 Å². The Labute approximate surface area is 178 Å². The van der Waals surface area contributed by atoms with Crippen LogP contribution in [0.15, 0.2) is 52.8 Å². The summed E-state index contributed by atoms with van der Waals surface area (Å²) in [6.07, 6.45) is 7.84. The molecule has 0 spiro atoms. The monoisotopic (exact) mass is 427 g/mol. The third kappa shape index (κ3) is 5.08. The summed E-state index contributed by atoms with van der Waals surface area (Å²) in [6.45, 7) is 0. The van der Waals surface area contributed by atoms with Gasteiger partial charge in [-0.25, -0.2) is 4.98 Å². The highest BCUT2D eigenvalue weighted by Gasteiger charge is 2.26. The lowest BCUT2D eigenvalue weighted by molar-refractivity contribution is -0.119. The molecular weight excluding hydrogens is 402 g/mol. The van der Waals surface area contributed by atoms with Gasteiger partial charge in [-0.15, -0.1) is 23.1 Å². The number of amides is 1. The molecule has 0 bridgehead atoms. The lowest BCUT2D eigenvalue weighted by Crippen LogP contribution is -2.35. The Hall–Kier alpha value is -2.12. The molecule has 1 aliphatic carbocycles. The number of carbonyl (C=O) groups excluding carboxylic acids is 1. The van der Waals surface area contributed by atoms with Crippen molar-refractivity contribution in [2.45, 2.75) is 43.9 Å². The normalized spacial score (nSPS) is 16.0. The third-order valence-corrected chi connectivity index (χ3v) is 7.16. The van der Waals surface area contributed by atoms with Gasteiger partial charge in [0.25, 0.3) is 5.56 Å². The van der Waals surface area contributed by atoms with E-state index in [9.17, 15) is 9.59 Å². The Kier molecular flexibility index (Phi) is 6.67. The molecule has 1 atom stereocenters. The van der Waals surface area contributed by atoms with Gasteiger partial charge in [0.05, 0.1) is 17.5 Å². The molecule has 7 heteroatoms. The van der Waals surface area contributed by atoms with Crippen LogP contribution in [0.5, 0.6) is 0 Å².